The van der Waals surface area contributed by atoms with Gasteiger partial charge in [-0.15, -0.1) is 0 Å². The van der Waals surface area contributed by atoms with Crippen LogP contribution in [-0.4, -0.2) is 37.2 Å². The van der Waals surface area contributed by atoms with E-state index in [0.29, 0.717) is 18.0 Å². The van der Waals surface area contributed by atoms with Crippen LogP contribution in [0, 0.1) is 6.92 Å². The number of hydrogen-bond donors (Lipinski definition) is 2. The molecule has 2 aromatic carbocycles. The first-order chi connectivity index (χ1) is 15.3. The lowest BCUT2D eigenvalue weighted by atomic mass is 10.2. The van der Waals surface area contributed by atoms with E-state index in [0.717, 1.165) is 28.7 Å². The SMILES string of the molecule is CCN(CC)c1ccc(CNC(=O)C/C(C)=N\NC(=O)COc2ccc(Br)cc2C)cc1. The van der Waals surface area contributed by atoms with E-state index in [1.807, 2.05) is 31.2 Å². The van der Waals surface area contributed by atoms with E-state index in [9.17, 15) is 9.59 Å². The fraction of sp³-hybridized carbons (Fsp3) is 0.375. The van der Waals surface area contributed by atoms with Crippen molar-refractivity contribution in [3.63, 3.8) is 0 Å². The minimum absolute atomic E-state index is 0.102. The number of nitrogens with one attached hydrogen (secondary N) is 2. The second kappa shape index (κ2) is 12.9. The van der Waals surface area contributed by atoms with Crippen molar-refractivity contribution in [2.24, 2.45) is 5.10 Å². The molecule has 0 saturated carbocycles. The highest BCUT2D eigenvalue weighted by atomic mass is 79.9. The van der Waals surface area contributed by atoms with Gasteiger partial charge >= 0.3 is 0 Å². The number of carbonyl (C=O) groups is 2. The molecule has 0 fully saturated rings. The molecule has 172 valence electrons. The van der Waals surface area contributed by atoms with E-state index in [-0.39, 0.29) is 24.8 Å². The molecule has 0 radical (unpaired) electrons. The topological polar surface area (TPSA) is 83.0 Å². The van der Waals surface area contributed by atoms with Crippen molar-refractivity contribution in [2.45, 2.75) is 40.7 Å². The predicted molar refractivity (Wildman–Crippen MR) is 132 cm³/mol. The van der Waals surface area contributed by atoms with E-state index in [4.69, 9.17) is 4.74 Å². The van der Waals surface area contributed by atoms with Gasteiger partial charge in [0.1, 0.15) is 5.75 Å². The summed E-state index contributed by atoms with van der Waals surface area (Å²) in [4.78, 5) is 26.4. The first-order valence-corrected chi connectivity index (χ1v) is 11.4. The summed E-state index contributed by atoms with van der Waals surface area (Å²) in [5, 5.41) is 6.86. The third-order valence-electron chi connectivity index (χ3n) is 4.84. The minimum atomic E-state index is -0.389. The average molecular weight is 503 g/mol. The van der Waals surface area contributed by atoms with Gasteiger partial charge in [-0.3, -0.25) is 9.59 Å². The van der Waals surface area contributed by atoms with Crippen molar-refractivity contribution in [1.29, 1.82) is 0 Å². The normalized spacial score (nSPS) is 11.1. The van der Waals surface area contributed by atoms with Crippen LogP contribution in [0.3, 0.4) is 0 Å². The average Bonchev–Trinajstić information content (AvgIpc) is 2.77. The largest absolute Gasteiger partial charge is 0.483 e. The lowest BCUT2D eigenvalue weighted by Crippen LogP contribution is -2.28. The van der Waals surface area contributed by atoms with Gasteiger partial charge in [-0.25, -0.2) is 5.43 Å². The molecule has 7 nitrogen and oxygen atoms in total. The van der Waals surface area contributed by atoms with Gasteiger partial charge in [0, 0.05) is 35.5 Å². The second-order valence-corrected chi connectivity index (χ2v) is 8.29. The number of carbonyl (C=O) groups excluding carboxylic acids is 2. The number of anilines is 1. The van der Waals surface area contributed by atoms with Crippen molar-refractivity contribution < 1.29 is 14.3 Å². The van der Waals surface area contributed by atoms with Gasteiger partial charge in [0.05, 0.1) is 6.42 Å². The number of aryl methyl sites for hydroxylation is 1. The van der Waals surface area contributed by atoms with Gasteiger partial charge in [-0.2, -0.15) is 5.10 Å². The van der Waals surface area contributed by atoms with Crippen LogP contribution < -0.4 is 20.4 Å². The molecule has 0 atom stereocenters. The summed E-state index contributed by atoms with van der Waals surface area (Å²) in [6.07, 6.45) is 0.102. The van der Waals surface area contributed by atoms with E-state index < -0.39 is 0 Å². The van der Waals surface area contributed by atoms with Crippen LogP contribution in [0.15, 0.2) is 52.0 Å². The molecule has 2 rings (SSSR count). The molecule has 0 spiro atoms. The lowest BCUT2D eigenvalue weighted by Gasteiger charge is -2.21. The van der Waals surface area contributed by atoms with E-state index in [1.165, 1.54) is 5.69 Å². The van der Waals surface area contributed by atoms with Crippen LogP contribution in [-0.2, 0) is 16.1 Å². The van der Waals surface area contributed by atoms with Gasteiger partial charge in [-0.05, 0) is 69.2 Å². The quantitative estimate of drug-likeness (QED) is 0.356. The van der Waals surface area contributed by atoms with Crippen molar-refractivity contribution >= 4 is 39.1 Å². The maximum Gasteiger partial charge on any atom is 0.277 e. The summed E-state index contributed by atoms with van der Waals surface area (Å²) >= 11 is 3.39. The van der Waals surface area contributed by atoms with Gasteiger partial charge in [0.25, 0.3) is 5.91 Å². The highest BCUT2D eigenvalue weighted by molar-refractivity contribution is 9.10. The Bertz CT molecular complexity index is 941. The van der Waals surface area contributed by atoms with Crippen LogP contribution in [0.4, 0.5) is 5.69 Å². The summed E-state index contributed by atoms with van der Waals surface area (Å²) in [5.74, 6) is 0.0870. The van der Waals surface area contributed by atoms with Crippen molar-refractivity contribution in [3.8, 4) is 5.75 Å². The molecule has 0 saturated heterocycles. The molecule has 0 aliphatic heterocycles. The van der Waals surface area contributed by atoms with E-state index in [2.05, 4.69) is 62.7 Å². The van der Waals surface area contributed by atoms with Crippen LogP contribution >= 0.6 is 15.9 Å². The Kier molecular flexibility index (Phi) is 10.2. The number of hydrazone groups is 1. The Balaban J connectivity index is 1.73. The van der Waals surface area contributed by atoms with Crippen molar-refractivity contribution in [3.05, 3.63) is 58.1 Å². The first kappa shape index (κ1) is 25.4. The molecule has 32 heavy (non-hydrogen) atoms. The summed E-state index contributed by atoms with van der Waals surface area (Å²) in [6, 6.07) is 13.7. The number of hydrogen-bond acceptors (Lipinski definition) is 5. The minimum Gasteiger partial charge on any atom is -0.483 e. The monoisotopic (exact) mass is 502 g/mol. The Labute approximate surface area is 198 Å². The lowest BCUT2D eigenvalue weighted by molar-refractivity contribution is -0.123. The Morgan fingerprint density at radius 3 is 2.38 bits per heavy atom. The summed E-state index contributed by atoms with van der Waals surface area (Å²) in [7, 11) is 0. The van der Waals surface area contributed by atoms with Crippen LogP contribution in [0.5, 0.6) is 5.75 Å². The summed E-state index contributed by atoms with van der Waals surface area (Å²) < 4.78 is 6.45. The molecule has 0 bridgehead atoms. The van der Waals surface area contributed by atoms with Crippen molar-refractivity contribution in [2.75, 3.05) is 24.6 Å². The summed E-state index contributed by atoms with van der Waals surface area (Å²) in [5.41, 5.74) is 6.05. The standard InChI is InChI=1S/C24H31BrN4O3/c1-5-29(6-2)21-10-7-19(8-11-21)15-26-23(30)14-18(4)27-28-24(31)16-32-22-12-9-20(25)13-17(22)3/h7-13H,5-6,14-16H2,1-4H3,(H,26,30)(H,28,31)/b27-18-. The zero-order valence-electron chi connectivity index (χ0n) is 19.1. The van der Waals surface area contributed by atoms with Crippen LogP contribution in [0.25, 0.3) is 0 Å². The Morgan fingerprint density at radius 2 is 1.75 bits per heavy atom. The zero-order valence-corrected chi connectivity index (χ0v) is 20.7. The number of halogens is 1. The predicted octanol–water partition coefficient (Wildman–Crippen LogP) is 4.18. The molecule has 0 aliphatic rings. The zero-order chi connectivity index (χ0) is 23.5. The van der Waals surface area contributed by atoms with E-state index in [1.54, 1.807) is 13.0 Å². The number of benzene rings is 2. The molecule has 0 aromatic heterocycles. The highest BCUT2D eigenvalue weighted by Gasteiger charge is 2.08. The van der Waals surface area contributed by atoms with Crippen LogP contribution in [0.2, 0.25) is 0 Å². The van der Waals surface area contributed by atoms with Crippen molar-refractivity contribution in [1.82, 2.24) is 10.7 Å². The Hall–Kier alpha value is -2.87. The Morgan fingerprint density at radius 1 is 1.06 bits per heavy atom. The third kappa shape index (κ3) is 8.34. The first-order valence-electron chi connectivity index (χ1n) is 10.6. The number of ether oxygens (including phenoxy) is 1. The van der Waals surface area contributed by atoms with Gasteiger partial charge < -0.3 is 15.0 Å². The molecule has 0 aliphatic carbocycles. The number of rotatable bonds is 11. The van der Waals surface area contributed by atoms with Gasteiger partial charge in [0.2, 0.25) is 5.91 Å². The highest BCUT2D eigenvalue weighted by Crippen LogP contribution is 2.22. The fourth-order valence-corrected chi connectivity index (χ4v) is 3.53. The molecule has 2 N–H and O–H groups in total. The van der Waals surface area contributed by atoms with Gasteiger partial charge in [-0.1, -0.05) is 28.1 Å². The molecular formula is C24H31BrN4O3. The smallest absolute Gasteiger partial charge is 0.277 e. The third-order valence-corrected chi connectivity index (χ3v) is 5.33. The van der Waals surface area contributed by atoms with Crippen LogP contribution in [0.1, 0.15) is 38.3 Å². The maximum atomic E-state index is 12.2. The number of nitrogens with zero attached hydrogens (tertiary/aromatic N) is 2. The molecule has 2 amide bonds. The molecule has 0 heterocycles. The molecule has 8 heteroatoms. The van der Waals surface area contributed by atoms with Gasteiger partial charge in [0.15, 0.2) is 6.61 Å². The maximum absolute atomic E-state index is 12.2. The molecule has 2 aromatic rings. The van der Waals surface area contributed by atoms with E-state index >= 15 is 0 Å². The molecule has 0 unspecified atom stereocenters. The second-order valence-electron chi connectivity index (χ2n) is 7.37. The molecular weight excluding hydrogens is 472 g/mol. The summed E-state index contributed by atoms with van der Waals surface area (Å²) in [6.45, 7) is 10.0. The fourth-order valence-electron chi connectivity index (χ4n) is 3.06. The number of amides is 2.